The molecule has 2 aromatic rings. The fraction of sp³-hybridized carbons (Fsp3) is 0.480. The maximum absolute atomic E-state index is 12.9. The van der Waals surface area contributed by atoms with E-state index in [-0.39, 0.29) is 5.82 Å². The summed E-state index contributed by atoms with van der Waals surface area (Å²) < 4.78 is 29.4. The highest BCUT2D eigenvalue weighted by Gasteiger charge is 2.22. The summed E-state index contributed by atoms with van der Waals surface area (Å²) in [6.07, 6.45) is 4.33. The van der Waals surface area contributed by atoms with Gasteiger partial charge in [-0.1, -0.05) is 11.8 Å². The molecule has 0 aromatic heterocycles. The van der Waals surface area contributed by atoms with Gasteiger partial charge < -0.3 is 24.4 Å². The van der Waals surface area contributed by atoms with Gasteiger partial charge in [-0.25, -0.2) is 9.38 Å². The molecule has 0 atom stereocenters. The highest BCUT2D eigenvalue weighted by Crippen LogP contribution is 2.39. The number of piperidine rings is 1. The fourth-order valence-corrected chi connectivity index (χ4v) is 5.06. The molecule has 1 saturated heterocycles. The van der Waals surface area contributed by atoms with E-state index in [1.54, 1.807) is 38.1 Å². The number of halogens is 1. The molecule has 33 heavy (non-hydrogen) atoms. The van der Waals surface area contributed by atoms with Gasteiger partial charge in [0.05, 0.1) is 26.5 Å². The third kappa shape index (κ3) is 6.54. The van der Waals surface area contributed by atoms with Crippen LogP contribution in [0.25, 0.3) is 0 Å². The summed E-state index contributed by atoms with van der Waals surface area (Å²) in [6.45, 7) is 3.94. The first-order valence-electron chi connectivity index (χ1n) is 11.5. The number of fused-ring (bicyclic) bond motifs is 1. The van der Waals surface area contributed by atoms with Gasteiger partial charge in [0, 0.05) is 31.0 Å². The predicted molar refractivity (Wildman–Crippen MR) is 132 cm³/mol. The van der Waals surface area contributed by atoms with Crippen molar-refractivity contribution in [1.29, 1.82) is 0 Å². The first kappa shape index (κ1) is 23.7. The number of rotatable bonds is 9. The maximum atomic E-state index is 12.9. The van der Waals surface area contributed by atoms with Crippen molar-refractivity contribution in [1.82, 2.24) is 10.2 Å². The van der Waals surface area contributed by atoms with Crippen molar-refractivity contribution < 1.29 is 18.6 Å². The second kappa shape index (κ2) is 11.6. The van der Waals surface area contributed by atoms with Crippen LogP contribution in [0.5, 0.6) is 17.2 Å². The number of ether oxygens (including phenoxy) is 3. The molecule has 0 aliphatic carbocycles. The van der Waals surface area contributed by atoms with Crippen LogP contribution in [-0.2, 0) is 5.75 Å². The molecule has 2 aliphatic rings. The van der Waals surface area contributed by atoms with E-state index < -0.39 is 0 Å². The van der Waals surface area contributed by atoms with Crippen molar-refractivity contribution in [3.63, 3.8) is 0 Å². The zero-order valence-electron chi connectivity index (χ0n) is 19.3. The van der Waals surface area contributed by atoms with Crippen LogP contribution < -0.4 is 19.5 Å². The van der Waals surface area contributed by atoms with Crippen LogP contribution >= 0.6 is 11.8 Å². The molecule has 0 amide bonds. The molecular formula is C25H32FN3O3S. The Kier molecular flexibility index (Phi) is 8.34. The van der Waals surface area contributed by atoms with Crippen LogP contribution in [0, 0.1) is 5.82 Å². The lowest BCUT2D eigenvalue weighted by Gasteiger charge is -2.33. The smallest absolute Gasteiger partial charge is 0.162 e. The van der Waals surface area contributed by atoms with E-state index in [9.17, 15) is 4.39 Å². The topological polar surface area (TPSA) is 55.3 Å². The molecule has 8 heteroatoms. The Labute approximate surface area is 199 Å². The molecule has 0 bridgehead atoms. The standard InChI is InChI=1S/C25H32FN3O3S/c1-30-23-15-18-17-33-25(28-22(18)16-24(23)31-2)27-20-9-12-29(13-10-20)11-3-4-14-32-21-7-5-19(26)6-8-21/h5-8,15-16,20H,3-4,9-14,17H2,1-2H3,(H,27,28). The maximum Gasteiger partial charge on any atom is 0.162 e. The number of benzene rings is 2. The van der Waals surface area contributed by atoms with Gasteiger partial charge in [0.1, 0.15) is 11.6 Å². The number of nitrogens with zero attached hydrogens (tertiary/aromatic N) is 2. The Morgan fingerprint density at radius 2 is 1.79 bits per heavy atom. The number of amidine groups is 1. The Hall–Kier alpha value is -2.45. The van der Waals surface area contributed by atoms with Gasteiger partial charge in [0.25, 0.3) is 0 Å². The zero-order chi connectivity index (χ0) is 23.0. The molecule has 1 fully saturated rings. The summed E-state index contributed by atoms with van der Waals surface area (Å²) in [6, 6.07) is 10.6. The van der Waals surface area contributed by atoms with Crippen molar-refractivity contribution in [2.45, 2.75) is 37.5 Å². The van der Waals surface area contributed by atoms with Gasteiger partial charge in [-0.15, -0.1) is 0 Å². The van der Waals surface area contributed by atoms with Gasteiger partial charge in [-0.3, -0.25) is 0 Å². The number of thioether (sulfide) groups is 1. The first-order valence-corrected chi connectivity index (χ1v) is 12.5. The van der Waals surface area contributed by atoms with Gasteiger partial charge in [-0.05, 0) is 68.1 Å². The van der Waals surface area contributed by atoms with E-state index in [0.29, 0.717) is 18.4 Å². The van der Waals surface area contributed by atoms with Crippen LogP contribution in [0.2, 0.25) is 0 Å². The van der Waals surface area contributed by atoms with E-state index in [1.807, 2.05) is 12.1 Å². The van der Waals surface area contributed by atoms with Crippen molar-refractivity contribution >= 4 is 22.6 Å². The van der Waals surface area contributed by atoms with E-state index in [1.165, 1.54) is 17.7 Å². The second-order valence-corrected chi connectivity index (χ2v) is 9.28. The van der Waals surface area contributed by atoms with Crippen LogP contribution in [0.1, 0.15) is 31.2 Å². The number of likely N-dealkylation sites (tertiary alicyclic amines) is 1. The van der Waals surface area contributed by atoms with Crippen LogP contribution in [0.4, 0.5) is 10.1 Å². The monoisotopic (exact) mass is 473 g/mol. The van der Waals surface area contributed by atoms with Crippen LogP contribution in [0.3, 0.4) is 0 Å². The Balaban J connectivity index is 1.17. The number of unbranched alkanes of at least 4 members (excludes halogenated alkanes) is 1. The van der Waals surface area contributed by atoms with Gasteiger partial charge in [0.2, 0.25) is 0 Å². The molecule has 2 aromatic carbocycles. The predicted octanol–water partition coefficient (Wildman–Crippen LogP) is 4.99. The van der Waals surface area contributed by atoms with Crippen molar-refractivity contribution in [3.05, 3.63) is 47.8 Å². The molecule has 2 aliphatic heterocycles. The number of nitrogens with one attached hydrogen (secondary N) is 1. The van der Waals surface area contributed by atoms with E-state index >= 15 is 0 Å². The lowest BCUT2D eigenvalue weighted by Crippen LogP contribution is -2.44. The normalized spacial score (nSPS) is 16.6. The van der Waals surface area contributed by atoms with Gasteiger partial charge in [-0.2, -0.15) is 0 Å². The molecule has 4 rings (SSSR count). The van der Waals surface area contributed by atoms with Gasteiger partial charge >= 0.3 is 0 Å². The van der Waals surface area contributed by atoms with Crippen LogP contribution in [-0.4, -0.2) is 56.6 Å². The number of hydrogen-bond donors (Lipinski definition) is 1. The lowest BCUT2D eigenvalue weighted by molar-refractivity contribution is 0.197. The van der Waals surface area contributed by atoms with Crippen molar-refractivity contribution in [3.8, 4) is 17.2 Å². The average molecular weight is 474 g/mol. The highest BCUT2D eigenvalue weighted by molar-refractivity contribution is 8.13. The molecular weight excluding hydrogens is 441 g/mol. The second-order valence-electron chi connectivity index (χ2n) is 8.31. The van der Waals surface area contributed by atoms with E-state index in [2.05, 4.69) is 10.2 Å². The summed E-state index contributed by atoms with van der Waals surface area (Å²) in [7, 11) is 3.31. The molecule has 6 nitrogen and oxygen atoms in total. The third-order valence-electron chi connectivity index (χ3n) is 6.04. The number of aliphatic imine (C=N–C) groups is 1. The van der Waals surface area contributed by atoms with E-state index in [0.717, 1.165) is 73.4 Å². The van der Waals surface area contributed by atoms with Gasteiger partial charge in [0.15, 0.2) is 16.7 Å². The Morgan fingerprint density at radius 3 is 2.52 bits per heavy atom. The zero-order valence-corrected chi connectivity index (χ0v) is 20.1. The summed E-state index contributed by atoms with van der Waals surface area (Å²) in [4.78, 5) is 7.35. The molecule has 0 saturated carbocycles. The largest absolute Gasteiger partial charge is 0.494 e. The molecule has 0 unspecified atom stereocenters. The summed E-state index contributed by atoms with van der Waals surface area (Å²) in [5.74, 6) is 2.83. The van der Waals surface area contributed by atoms with E-state index in [4.69, 9.17) is 19.2 Å². The lowest BCUT2D eigenvalue weighted by atomic mass is 10.1. The molecule has 1 N–H and O–H groups in total. The summed E-state index contributed by atoms with van der Waals surface area (Å²) >= 11 is 1.75. The SMILES string of the molecule is COc1cc2c(cc1OC)N=C(NC1CCN(CCCCOc3ccc(F)cc3)CC1)SC2. The number of hydrogen-bond acceptors (Lipinski definition) is 7. The van der Waals surface area contributed by atoms with Crippen molar-refractivity contribution in [2.75, 3.05) is 40.5 Å². The summed E-state index contributed by atoms with van der Waals surface area (Å²) in [5, 5.41) is 4.64. The quantitative estimate of drug-likeness (QED) is 0.518. The fourth-order valence-electron chi connectivity index (χ4n) is 4.13. The minimum Gasteiger partial charge on any atom is -0.494 e. The third-order valence-corrected chi connectivity index (χ3v) is 6.98. The van der Waals surface area contributed by atoms with Crippen molar-refractivity contribution in [2.24, 2.45) is 4.99 Å². The molecule has 0 spiro atoms. The Morgan fingerprint density at radius 1 is 1.06 bits per heavy atom. The van der Waals surface area contributed by atoms with Crippen LogP contribution in [0.15, 0.2) is 41.4 Å². The number of methoxy groups -OCH3 is 2. The minimum absolute atomic E-state index is 0.236. The molecule has 2 heterocycles. The average Bonchev–Trinajstić information content (AvgIpc) is 2.85. The molecule has 0 radical (unpaired) electrons. The highest BCUT2D eigenvalue weighted by atomic mass is 32.2. The summed E-state index contributed by atoms with van der Waals surface area (Å²) in [5.41, 5.74) is 2.12. The minimum atomic E-state index is -0.236. The Bertz CT molecular complexity index is 947. The first-order chi connectivity index (χ1) is 16.1. The molecule has 178 valence electrons.